The Morgan fingerprint density at radius 3 is 1.93 bits per heavy atom. The van der Waals surface area contributed by atoms with Gasteiger partial charge in [0.15, 0.2) is 6.10 Å². The number of ether oxygens (including phenoxy) is 3. The number of methoxy groups -OCH3 is 1. The highest BCUT2D eigenvalue weighted by molar-refractivity contribution is 5.97. The molecule has 0 aromatic heterocycles. The zero-order chi connectivity index (χ0) is 22.3. The highest BCUT2D eigenvalue weighted by atomic mass is 16.6. The highest BCUT2D eigenvalue weighted by Crippen LogP contribution is 2.16. The Kier molecular flexibility index (Phi) is 7.41. The topological polar surface area (TPSA) is 103 Å². The average Bonchev–Trinajstić information content (AvgIpc) is 2.67. The first-order valence-electron chi connectivity index (χ1n) is 9.33. The normalized spacial score (nSPS) is 11.8. The van der Waals surface area contributed by atoms with Gasteiger partial charge in [-0.25, -0.2) is 9.59 Å². The fourth-order valence-electron chi connectivity index (χ4n) is 2.31. The molecule has 0 bridgehead atoms. The maximum Gasteiger partial charge on any atom is 0.412 e. The number of rotatable bonds is 6. The van der Waals surface area contributed by atoms with Gasteiger partial charge < -0.3 is 19.5 Å². The lowest BCUT2D eigenvalue weighted by molar-refractivity contribution is -0.123. The van der Waals surface area contributed by atoms with E-state index in [4.69, 9.17) is 14.2 Å². The third kappa shape index (κ3) is 7.12. The first kappa shape index (κ1) is 22.7. The van der Waals surface area contributed by atoms with Gasteiger partial charge >= 0.3 is 12.1 Å². The van der Waals surface area contributed by atoms with E-state index in [1.54, 1.807) is 64.3 Å². The third-order valence-electron chi connectivity index (χ3n) is 3.78. The predicted molar refractivity (Wildman–Crippen MR) is 113 cm³/mol. The third-order valence-corrected chi connectivity index (χ3v) is 3.78. The minimum atomic E-state index is -1.00. The molecule has 8 heteroatoms. The van der Waals surface area contributed by atoms with Gasteiger partial charge in [-0.05, 0) is 76.2 Å². The Morgan fingerprint density at radius 2 is 1.40 bits per heavy atom. The van der Waals surface area contributed by atoms with Crippen LogP contribution >= 0.6 is 0 Å². The molecule has 0 saturated heterocycles. The van der Waals surface area contributed by atoms with Crippen LogP contribution in [0.15, 0.2) is 48.5 Å². The van der Waals surface area contributed by atoms with Gasteiger partial charge in [0.25, 0.3) is 5.91 Å². The minimum Gasteiger partial charge on any atom is -0.497 e. The van der Waals surface area contributed by atoms with Crippen LogP contribution in [0, 0.1) is 0 Å². The Morgan fingerprint density at radius 1 is 0.867 bits per heavy atom. The maximum atomic E-state index is 12.3. The number of carbonyl (C=O) groups excluding carboxylic acids is 3. The fraction of sp³-hybridized carbons (Fsp3) is 0.318. The van der Waals surface area contributed by atoms with Crippen molar-refractivity contribution in [3.05, 3.63) is 54.1 Å². The lowest BCUT2D eigenvalue weighted by Crippen LogP contribution is -2.30. The van der Waals surface area contributed by atoms with E-state index in [0.29, 0.717) is 17.1 Å². The van der Waals surface area contributed by atoms with Crippen molar-refractivity contribution in [3.63, 3.8) is 0 Å². The van der Waals surface area contributed by atoms with E-state index in [2.05, 4.69) is 10.6 Å². The van der Waals surface area contributed by atoms with Crippen molar-refractivity contribution in [3.8, 4) is 5.75 Å². The predicted octanol–water partition coefficient (Wildman–Crippen LogP) is 4.23. The maximum absolute atomic E-state index is 12.3. The van der Waals surface area contributed by atoms with Crippen LogP contribution in [0.3, 0.4) is 0 Å². The van der Waals surface area contributed by atoms with E-state index in [1.165, 1.54) is 19.1 Å². The molecule has 0 aliphatic rings. The van der Waals surface area contributed by atoms with Crippen molar-refractivity contribution in [1.82, 2.24) is 0 Å². The summed E-state index contributed by atoms with van der Waals surface area (Å²) in [5.74, 6) is -0.454. The molecular weight excluding hydrogens is 388 g/mol. The van der Waals surface area contributed by atoms with Gasteiger partial charge in [-0.15, -0.1) is 0 Å². The molecule has 2 aromatic carbocycles. The monoisotopic (exact) mass is 414 g/mol. The summed E-state index contributed by atoms with van der Waals surface area (Å²) in [5, 5.41) is 5.24. The summed E-state index contributed by atoms with van der Waals surface area (Å²) in [7, 11) is 1.55. The van der Waals surface area contributed by atoms with Gasteiger partial charge in [0, 0.05) is 11.4 Å². The van der Waals surface area contributed by atoms with Crippen molar-refractivity contribution < 1.29 is 28.6 Å². The molecule has 1 unspecified atom stereocenters. The summed E-state index contributed by atoms with van der Waals surface area (Å²) in [6.07, 6.45) is -1.60. The van der Waals surface area contributed by atoms with Crippen molar-refractivity contribution in [2.45, 2.75) is 39.4 Å². The second kappa shape index (κ2) is 9.78. The molecule has 0 saturated carbocycles. The van der Waals surface area contributed by atoms with Gasteiger partial charge in [0.2, 0.25) is 0 Å². The molecule has 160 valence electrons. The van der Waals surface area contributed by atoms with E-state index < -0.39 is 29.7 Å². The molecule has 2 rings (SSSR count). The van der Waals surface area contributed by atoms with Crippen LogP contribution in [-0.4, -0.2) is 36.8 Å². The molecule has 0 heterocycles. The zero-order valence-electron chi connectivity index (χ0n) is 17.6. The molecule has 0 fully saturated rings. The highest BCUT2D eigenvalue weighted by Gasteiger charge is 2.20. The quantitative estimate of drug-likeness (QED) is 0.686. The summed E-state index contributed by atoms with van der Waals surface area (Å²) >= 11 is 0. The van der Waals surface area contributed by atoms with Gasteiger partial charge in [-0.3, -0.25) is 10.1 Å². The molecule has 0 radical (unpaired) electrons. The molecule has 1 atom stereocenters. The lowest BCUT2D eigenvalue weighted by Gasteiger charge is -2.19. The Labute approximate surface area is 175 Å². The van der Waals surface area contributed by atoms with Crippen LogP contribution in [-0.2, 0) is 14.3 Å². The van der Waals surface area contributed by atoms with Crippen molar-refractivity contribution >= 4 is 29.3 Å². The van der Waals surface area contributed by atoms with Crippen LogP contribution in [0.1, 0.15) is 38.1 Å². The molecule has 30 heavy (non-hydrogen) atoms. The number of benzene rings is 2. The van der Waals surface area contributed by atoms with Gasteiger partial charge in [-0.2, -0.15) is 0 Å². The molecule has 2 N–H and O–H groups in total. The standard InChI is InChI=1S/C22H26N2O6/c1-14(19(25)23-16-10-12-18(28-5)13-11-16)29-20(26)15-6-8-17(9-7-15)24-21(27)30-22(2,3)4/h6-14H,1-5H3,(H,23,25)(H,24,27). The molecular formula is C22H26N2O6. The van der Waals surface area contributed by atoms with E-state index >= 15 is 0 Å². The van der Waals surface area contributed by atoms with E-state index in [1.807, 2.05) is 0 Å². The number of amides is 2. The smallest absolute Gasteiger partial charge is 0.412 e. The number of nitrogens with one attached hydrogen (secondary N) is 2. The summed E-state index contributed by atoms with van der Waals surface area (Å²) < 4.78 is 15.4. The summed E-state index contributed by atoms with van der Waals surface area (Å²) in [6, 6.07) is 12.8. The van der Waals surface area contributed by atoms with Crippen LogP contribution < -0.4 is 15.4 Å². The van der Waals surface area contributed by atoms with Gasteiger partial charge in [0.05, 0.1) is 12.7 Å². The number of anilines is 2. The Balaban J connectivity index is 1.89. The first-order valence-corrected chi connectivity index (χ1v) is 9.33. The zero-order valence-corrected chi connectivity index (χ0v) is 17.6. The number of hydrogen-bond donors (Lipinski definition) is 2. The second-order valence-corrected chi connectivity index (χ2v) is 7.47. The first-order chi connectivity index (χ1) is 14.1. The number of esters is 1. The largest absolute Gasteiger partial charge is 0.497 e. The summed E-state index contributed by atoms with van der Waals surface area (Å²) in [5.41, 5.74) is 0.650. The van der Waals surface area contributed by atoms with Gasteiger partial charge in [-0.1, -0.05) is 0 Å². The molecule has 0 aliphatic heterocycles. The van der Waals surface area contributed by atoms with Crippen LogP contribution in [0.25, 0.3) is 0 Å². The second-order valence-electron chi connectivity index (χ2n) is 7.47. The lowest BCUT2D eigenvalue weighted by atomic mass is 10.2. The minimum absolute atomic E-state index is 0.244. The van der Waals surface area contributed by atoms with E-state index in [9.17, 15) is 14.4 Å². The van der Waals surface area contributed by atoms with Crippen LogP contribution in [0.2, 0.25) is 0 Å². The Bertz CT molecular complexity index is 885. The van der Waals surface area contributed by atoms with Crippen LogP contribution in [0.4, 0.5) is 16.2 Å². The number of carbonyl (C=O) groups is 3. The Hall–Kier alpha value is -3.55. The van der Waals surface area contributed by atoms with Crippen molar-refractivity contribution in [2.24, 2.45) is 0 Å². The number of hydrogen-bond acceptors (Lipinski definition) is 6. The molecule has 2 amide bonds. The van der Waals surface area contributed by atoms with E-state index in [-0.39, 0.29) is 5.56 Å². The van der Waals surface area contributed by atoms with Crippen LogP contribution in [0.5, 0.6) is 5.75 Å². The van der Waals surface area contributed by atoms with Gasteiger partial charge in [0.1, 0.15) is 11.4 Å². The SMILES string of the molecule is COc1ccc(NC(=O)C(C)OC(=O)c2ccc(NC(=O)OC(C)(C)C)cc2)cc1. The molecule has 2 aromatic rings. The average molecular weight is 414 g/mol. The molecule has 0 aliphatic carbocycles. The molecule has 0 spiro atoms. The summed E-state index contributed by atoms with van der Waals surface area (Å²) in [6.45, 7) is 6.77. The van der Waals surface area contributed by atoms with Crippen molar-refractivity contribution in [2.75, 3.05) is 17.7 Å². The van der Waals surface area contributed by atoms with Crippen molar-refractivity contribution in [1.29, 1.82) is 0 Å². The fourth-order valence-corrected chi connectivity index (χ4v) is 2.31. The summed E-state index contributed by atoms with van der Waals surface area (Å²) in [4.78, 5) is 36.3. The van der Waals surface area contributed by atoms with E-state index in [0.717, 1.165) is 0 Å². The molecule has 8 nitrogen and oxygen atoms in total.